The Balaban J connectivity index is 1.66. The van der Waals surface area contributed by atoms with Crippen molar-refractivity contribution in [2.24, 2.45) is 0 Å². The lowest BCUT2D eigenvalue weighted by Gasteiger charge is -2.15. The predicted octanol–water partition coefficient (Wildman–Crippen LogP) is 5.51. The average molecular weight is 362 g/mol. The number of halogens is 1. The molecule has 0 unspecified atom stereocenters. The number of nitrogens with one attached hydrogen (secondary N) is 1. The molecule has 1 atom stereocenters. The minimum atomic E-state index is 0.213. The zero-order valence-corrected chi connectivity index (χ0v) is 15.3. The maximum atomic E-state index is 6.00. The van der Waals surface area contributed by atoms with E-state index in [9.17, 15) is 0 Å². The molecule has 0 aliphatic heterocycles. The first-order valence-electron chi connectivity index (χ1n) is 8.72. The molecule has 26 heavy (non-hydrogen) atoms. The molecule has 3 nitrogen and oxygen atoms in total. The minimum absolute atomic E-state index is 0.213. The van der Waals surface area contributed by atoms with Gasteiger partial charge in [-0.15, -0.1) is 0 Å². The van der Waals surface area contributed by atoms with Crippen molar-refractivity contribution in [2.75, 3.05) is 0 Å². The van der Waals surface area contributed by atoms with Crippen LogP contribution in [0.1, 0.15) is 24.2 Å². The van der Waals surface area contributed by atoms with Gasteiger partial charge in [0, 0.05) is 29.4 Å². The lowest BCUT2D eigenvalue weighted by Crippen LogP contribution is -2.19. The van der Waals surface area contributed by atoms with Gasteiger partial charge in [0.25, 0.3) is 0 Å². The van der Waals surface area contributed by atoms with Gasteiger partial charge in [-0.05, 0) is 36.8 Å². The van der Waals surface area contributed by atoms with E-state index in [0.29, 0.717) is 0 Å². The molecule has 0 saturated heterocycles. The second-order valence-electron chi connectivity index (χ2n) is 6.36. The molecular formula is C22H20ClN3. The van der Waals surface area contributed by atoms with E-state index in [1.165, 1.54) is 5.56 Å². The molecule has 0 radical (unpaired) electrons. The molecule has 0 spiro atoms. The highest BCUT2D eigenvalue weighted by Gasteiger charge is 2.14. The minimum Gasteiger partial charge on any atom is -0.305 e. The van der Waals surface area contributed by atoms with Crippen LogP contribution in [0.3, 0.4) is 0 Å². The van der Waals surface area contributed by atoms with Crippen molar-refractivity contribution in [3.8, 4) is 11.3 Å². The Labute approximate surface area is 158 Å². The first-order valence-corrected chi connectivity index (χ1v) is 9.10. The third-order valence-corrected chi connectivity index (χ3v) is 4.87. The summed E-state index contributed by atoms with van der Waals surface area (Å²) < 4.78 is 2.16. The number of hydrogen-bond acceptors (Lipinski definition) is 2. The number of hydrogen-bond donors (Lipinski definition) is 1. The van der Waals surface area contributed by atoms with E-state index in [-0.39, 0.29) is 6.04 Å². The molecule has 2 heterocycles. The van der Waals surface area contributed by atoms with Gasteiger partial charge in [-0.1, -0.05) is 60.1 Å². The summed E-state index contributed by atoms with van der Waals surface area (Å²) in [6, 6.07) is 24.6. The van der Waals surface area contributed by atoms with Gasteiger partial charge < -0.3 is 9.72 Å². The van der Waals surface area contributed by atoms with Crippen LogP contribution in [0.4, 0.5) is 0 Å². The SMILES string of the molecule is C[C@@H](NCc1c(-c2ccccc2)nc2ccccn12)c1ccc(Cl)cc1. The molecule has 1 N–H and O–H groups in total. The Morgan fingerprint density at radius 1 is 0.962 bits per heavy atom. The zero-order chi connectivity index (χ0) is 17.9. The Morgan fingerprint density at radius 3 is 2.46 bits per heavy atom. The molecule has 2 aromatic carbocycles. The lowest BCUT2D eigenvalue weighted by atomic mass is 10.1. The first-order chi connectivity index (χ1) is 12.7. The standard InChI is InChI=1S/C22H20ClN3/c1-16(17-10-12-19(23)13-11-17)24-15-20-22(18-7-3-2-4-8-18)25-21-9-5-6-14-26(20)21/h2-14,16,24H,15H2,1H3/t16-/m1/s1. The Kier molecular flexibility index (Phi) is 4.74. The van der Waals surface area contributed by atoms with Crippen LogP contribution in [0, 0.1) is 0 Å². The summed E-state index contributed by atoms with van der Waals surface area (Å²) in [6.07, 6.45) is 2.07. The summed E-state index contributed by atoms with van der Waals surface area (Å²) >= 11 is 6.00. The maximum absolute atomic E-state index is 6.00. The molecule has 0 aliphatic rings. The molecule has 0 amide bonds. The predicted molar refractivity (Wildman–Crippen MR) is 107 cm³/mol. The van der Waals surface area contributed by atoms with Crippen LogP contribution in [0.25, 0.3) is 16.9 Å². The van der Waals surface area contributed by atoms with Crippen molar-refractivity contribution in [1.82, 2.24) is 14.7 Å². The van der Waals surface area contributed by atoms with Gasteiger partial charge in [0.2, 0.25) is 0 Å². The van der Waals surface area contributed by atoms with Crippen molar-refractivity contribution >= 4 is 17.2 Å². The van der Waals surface area contributed by atoms with E-state index in [1.807, 2.05) is 48.5 Å². The third kappa shape index (κ3) is 3.36. The summed E-state index contributed by atoms with van der Waals surface area (Å²) in [5, 5.41) is 4.38. The van der Waals surface area contributed by atoms with Crippen LogP contribution in [-0.4, -0.2) is 9.38 Å². The van der Waals surface area contributed by atoms with Gasteiger partial charge in [-0.2, -0.15) is 0 Å². The molecule has 130 valence electrons. The Hall–Kier alpha value is -2.62. The second-order valence-corrected chi connectivity index (χ2v) is 6.79. The van der Waals surface area contributed by atoms with Crippen LogP contribution in [0.5, 0.6) is 0 Å². The number of imidazole rings is 1. The van der Waals surface area contributed by atoms with Crippen molar-refractivity contribution in [2.45, 2.75) is 19.5 Å². The summed E-state index contributed by atoms with van der Waals surface area (Å²) in [5.74, 6) is 0. The van der Waals surface area contributed by atoms with Crippen molar-refractivity contribution in [3.05, 3.63) is 95.3 Å². The third-order valence-electron chi connectivity index (χ3n) is 4.62. The fraction of sp³-hybridized carbons (Fsp3) is 0.136. The molecule has 4 aromatic rings. The van der Waals surface area contributed by atoms with Crippen LogP contribution in [-0.2, 0) is 6.54 Å². The number of nitrogens with zero attached hydrogens (tertiary/aromatic N) is 2. The smallest absolute Gasteiger partial charge is 0.137 e. The summed E-state index contributed by atoms with van der Waals surface area (Å²) in [6.45, 7) is 2.88. The maximum Gasteiger partial charge on any atom is 0.137 e. The van der Waals surface area contributed by atoms with Crippen LogP contribution in [0.15, 0.2) is 79.0 Å². The highest BCUT2D eigenvalue weighted by Crippen LogP contribution is 2.25. The summed E-state index contributed by atoms with van der Waals surface area (Å²) in [4.78, 5) is 4.85. The zero-order valence-electron chi connectivity index (χ0n) is 14.6. The highest BCUT2D eigenvalue weighted by atomic mass is 35.5. The summed E-state index contributed by atoms with van der Waals surface area (Å²) in [7, 11) is 0. The first kappa shape index (κ1) is 16.8. The van der Waals surface area contributed by atoms with Gasteiger partial charge in [0.05, 0.1) is 11.4 Å². The Bertz CT molecular complexity index is 1010. The highest BCUT2D eigenvalue weighted by molar-refractivity contribution is 6.30. The summed E-state index contributed by atoms with van der Waals surface area (Å²) in [5.41, 5.74) is 5.49. The van der Waals surface area contributed by atoms with E-state index < -0.39 is 0 Å². The number of rotatable bonds is 5. The van der Waals surface area contributed by atoms with E-state index in [1.54, 1.807) is 0 Å². The van der Waals surface area contributed by atoms with E-state index >= 15 is 0 Å². The number of fused-ring (bicyclic) bond motifs is 1. The van der Waals surface area contributed by atoms with Crippen molar-refractivity contribution in [1.29, 1.82) is 0 Å². The van der Waals surface area contributed by atoms with Crippen molar-refractivity contribution in [3.63, 3.8) is 0 Å². The molecule has 2 aromatic heterocycles. The molecule has 4 rings (SSSR count). The molecule has 4 heteroatoms. The largest absolute Gasteiger partial charge is 0.305 e. The average Bonchev–Trinajstić information content (AvgIpc) is 3.06. The van der Waals surface area contributed by atoms with E-state index in [0.717, 1.165) is 34.2 Å². The monoisotopic (exact) mass is 361 g/mol. The second kappa shape index (κ2) is 7.32. The van der Waals surface area contributed by atoms with Gasteiger partial charge in [0.1, 0.15) is 5.65 Å². The number of pyridine rings is 1. The molecule has 0 fully saturated rings. The quantitative estimate of drug-likeness (QED) is 0.508. The number of aromatic nitrogens is 2. The Morgan fingerprint density at radius 2 is 1.69 bits per heavy atom. The fourth-order valence-electron chi connectivity index (χ4n) is 3.16. The van der Waals surface area contributed by atoms with Crippen LogP contribution < -0.4 is 5.32 Å². The molecule has 0 aliphatic carbocycles. The normalized spacial score (nSPS) is 12.4. The van der Waals surface area contributed by atoms with E-state index in [4.69, 9.17) is 16.6 Å². The van der Waals surface area contributed by atoms with Crippen LogP contribution >= 0.6 is 11.6 Å². The van der Waals surface area contributed by atoms with Crippen LogP contribution in [0.2, 0.25) is 5.02 Å². The topological polar surface area (TPSA) is 29.3 Å². The van der Waals surface area contributed by atoms with Gasteiger partial charge in [-0.25, -0.2) is 4.98 Å². The van der Waals surface area contributed by atoms with Gasteiger partial charge in [0.15, 0.2) is 0 Å². The molecule has 0 saturated carbocycles. The molecule has 0 bridgehead atoms. The lowest BCUT2D eigenvalue weighted by molar-refractivity contribution is 0.566. The molecular weight excluding hydrogens is 342 g/mol. The van der Waals surface area contributed by atoms with Crippen molar-refractivity contribution < 1.29 is 0 Å². The van der Waals surface area contributed by atoms with E-state index in [2.05, 4.69) is 47.1 Å². The van der Waals surface area contributed by atoms with Gasteiger partial charge >= 0.3 is 0 Å². The van der Waals surface area contributed by atoms with Gasteiger partial charge in [-0.3, -0.25) is 0 Å². The number of benzene rings is 2. The fourth-order valence-corrected chi connectivity index (χ4v) is 3.29.